The van der Waals surface area contributed by atoms with Gasteiger partial charge in [-0.25, -0.2) is 9.36 Å². The Bertz CT molecular complexity index is 1010. The van der Waals surface area contributed by atoms with Crippen LogP contribution in [0.25, 0.3) is 16.9 Å². The first-order valence-corrected chi connectivity index (χ1v) is 6.21. The molecule has 0 aliphatic rings. The van der Waals surface area contributed by atoms with E-state index in [0.29, 0.717) is 10.1 Å². The van der Waals surface area contributed by atoms with Crippen LogP contribution in [0.1, 0.15) is 5.82 Å². The van der Waals surface area contributed by atoms with Crippen LogP contribution in [0, 0.1) is 11.8 Å². The summed E-state index contributed by atoms with van der Waals surface area (Å²) in [5, 5.41) is 3.93. The van der Waals surface area contributed by atoms with Crippen LogP contribution in [0.4, 0.5) is 0 Å². The van der Waals surface area contributed by atoms with E-state index in [9.17, 15) is 14.5 Å². The summed E-state index contributed by atoms with van der Waals surface area (Å²) in [6.07, 6.45) is 0. The zero-order valence-electron chi connectivity index (χ0n) is 11.4. The van der Waals surface area contributed by atoms with Crippen LogP contribution < -0.4 is 15.7 Å². The lowest BCUT2D eigenvalue weighted by Crippen LogP contribution is -2.41. The molecule has 0 aliphatic carbocycles. The monoisotopic (exact) mass is 286 g/mol. The standard InChI is InChI=1S/C13H11N5O3/c1-8-15-16(2)11-10(18(8)21)12(19)17(13(20)14-11)9-6-4-3-5-7-9/h3-7H,1-2H3/p+1. The normalized spacial score (nSPS) is 11.0. The summed E-state index contributed by atoms with van der Waals surface area (Å²) < 4.78 is 2.65. The number of benzene rings is 1. The Morgan fingerprint density at radius 1 is 1.19 bits per heavy atom. The highest BCUT2D eigenvalue weighted by molar-refractivity contribution is 5.64. The molecular weight excluding hydrogens is 274 g/mol. The Morgan fingerprint density at radius 2 is 1.86 bits per heavy atom. The van der Waals surface area contributed by atoms with Crippen molar-refractivity contribution < 1.29 is 4.43 Å². The van der Waals surface area contributed by atoms with Crippen molar-refractivity contribution >= 4 is 11.2 Å². The molecule has 0 amide bonds. The van der Waals surface area contributed by atoms with Gasteiger partial charge in [0.25, 0.3) is 5.52 Å². The molecule has 0 fully saturated rings. The SMILES string of the molecule is Cc1nn(C)c2[nH]c(=O)n(-c3ccccc3)c(=O)c2[n+]1=O. The third kappa shape index (κ3) is 1.88. The molecule has 21 heavy (non-hydrogen) atoms. The van der Waals surface area contributed by atoms with Crippen molar-refractivity contribution in [3.8, 4) is 5.69 Å². The van der Waals surface area contributed by atoms with Crippen molar-refractivity contribution in [2.75, 3.05) is 0 Å². The average Bonchev–Trinajstić information content (AvgIpc) is 2.45. The van der Waals surface area contributed by atoms with Gasteiger partial charge in [-0.1, -0.05) is 23.1 Å². The first kappa shape index (κ1) is 13.0. The van der Waals surface area contributed by atoms with Crippen LogP contribution in [0.2, 0.25) is 0 Å². The van der Waals surface area contributed by atoms with E-state index in [1.807, 2.05) is 0 Å². The summed E-state index contributed by atoms with van der Waals surface area (Å²) in [6.45, 7) is 1.49. The first-order chi connectivity index (χ1) is 10.0. The summed E-state index contributed by atoms with van der Waals surface area (Å²) in [7, 11) is 1.55. The number of rotatable bonds is 1. The maximum atomic E-state index is 12.6. The van der Waals surface area contributed by atoms with E-state index in [0.717, 1.165) is 4.57 Å². The fraction of sp³-hybridized carbons (Fsp3) is 0.154. The number of hydrogen-bond acceptors (Lipinski definition) is 4. The lowest BCUT2D eigenvalue weighted by atomic mass is 10.3. The van der Waals surface area contributed by atoms with Crippen molar-refractivity contribution in [2.45, 2.75) is 6.92 Å². The smallest absolute Gasteiger partial charge is 0.286 e. The van der Waals surface area contributed by atoms with Gasteiger partial charge in [0.15, 0.2) is 0 Å². The lowest BCUT2D eigenvalue weighted by Gasteiger charge is -2.04. The topological polar surface area (TPSA) is 95.7 Å². The molecule has 0 spiro atoms. The van der Waals surface area contributed by atoms with Gasteiger partial charge in [-0.2, -0.15) is 4.68 Å². The molecule has 1 aromatic carbocycles. The minimum Gasteiger partial charge on any atom is -0.286 e. The molecule has 8 nitrogen and oxygen atoms in total. The average molecular weight is 286 g/mol. The molecule has 1 N–H and O–H groups in total. The Morgan fingerprint density at radius 3 is 2.52 bits per heavy atom. The number of H-pyrrole nitrogens is 1. The van der Waals surface area contributed by atoms with E-state index in [-0.39, 0.29) is 17.0 Å². The Hall–Kier alpha value is -3.03. The highest BCUT2D eigenvalue weighted by Crippen LogP contribution is 2.03. The maximum Gasteiger partial charge on any atom is 0.365 e. The number of nitrogens with zero attached hydrogens (tertiary/aromatic N) is 4. The molecule has 3 aromatic rings. The first-order valence-electron chi connectivity index (χ1n) is 6.21. The van der Waals surface area contributed by atoms with Gasteiger partial charge in [-0.3, -0.25) is 9.78 Å². The van der Waals surface area contributed by atoms with Gasteiger partial charge in [0.1, 0.15) is 0 Å². The van der Waals surface area contributed by atoms with Crippen LogP contribution in [-0.4, -0.2) is 19.3 Å². The van der Waals surface area contributed by atoms with E-state index in [2.05, 4.69) is 10.1 Å². The van der Waals surface area contributed by atoms with Crippen LogP contribution in [0.5, 0.6) is 0 Å². The van der Waals surface area contributed by atoms with Crippen molar-refractivity contribution in [3.05, 3.63) is 61.9 Å². The number of hydrogen-bond donors (Lipinski definition) is 1. The van der Waals surface area contributed by atoms with E-state index in [1.165, 1.54) is 11.6 Å². The molecule has 8 heteroatoms. The van der Waals surface area contributed by atoms with Crippen LogP contribution in [-0.2, 0) is 7.05 Å². The van der Waals surface area contributed by atoms with Crippen LogP contribution in [0.15, 0.2) is 39.9 Å². The highest BCUT2D eigenvalue weighted by Gasteiger charge is 2.21. The van der Waals surface area contributed by atoms with Crippen LogP contribution in [0.3, 0.4) is 0 Å². The van der Waals surface area contributed by atoms with Crippen molar-refractivity contribution in [3.63, 3.8) is 0 Å². The van der Waals surface area contributed by atoms with Gasteiger partial charge >= 0.3 is 17.1 Å². The number of nitrogens with one attached hydrogen (secondary N) is 1. The van der Waals surface area contributed by atoms with Gasteiger partial charge in [0.05, 0.1) is 17.8 Å². The molecule has 2 aromatic heterocycles. The molecule has 0 saturated carbocycles. The number of aryl methyl sites for hydroxylation is 2. The van der Waals surface area contributed by atoms with E-state index in [4.69, 9.17) is 0 Å². The van der Waals surface area contributed by atoms with E-state index in [1.54, 1.807) is 37.4 Å². The number of fused-ring (bicyclic) bond motifs is 1. The van der Waals surface area contributed by atoms with Gasteiger partial charge < -0.3 is 0 Å². The minimum atomic E-state index is -0.684. The van der Waals surface area contributed by atoms with Crippen molar-refractivity contribution in [2.24, 2.45) is 7.05 Å². The summed E-state index contributed by atoms with van der Waals surface area (Å²) >= 11 is 0. The second-order valence-corrected chi connectivity index (χ2v) is 4.57. The second-order valence-electron chi connectivity index (χ2n) is 4.57. The third-order valence-corrected chi connectivity index (χ3v) is 3.19. The molecule has 106 valence electrons. The largest absolute Gasteiger partial charge is 0.365 e. The number of para-hydroxylation sites is 1. The Balaban J connectivity index is 2.57. The fourth-order valence-corrected chi connectivity index (χ4v) is 2.21. The maximum absolute atomic E-state index is 12.6. The summed E-state index contributed by atoms with van der Waals surface area (Å²) in [4.78, 5) is 39.3. The quantitative estimate of drug-likeness (QED) is 0.618. The van der Waals surface area contributed by atoms with Gasteiger partial charge in [-0.05, 0) is 12.1 Å². The molecule has 3 rings (SSSR count). The van der Waals surface area contributed by atoms with Crippen molar-refractivity contribution in [1.29, 1.82) is 0 Å². The molecule has 0 unspecified atom stereocenters. The van der Waals surface area contributed by atoms with E-state index < -0.39 is 11.2 Å². The Kier molecular flexibility index (Phi) is 2.79. The lowest BCUT2D eigenvalue weighted by molar-refractivity contribution is -0.479. The summed E-state index contributed by atoms with van der Waals surface area (Å²) in [5.41, 5.74) is -0.995. The van der Waals surface area contributed by atoms with Gasteiger partial charge in [0.2, 0.25) is 5.65 Å². The molecule has 0 bridgehead atoms. The molecule has 0 saturated heterocycles. The third-order valence-electron chi connectivity index (χ3n) is 3.19. The second kappa shape index (κ2) is 4.51. The van der Waals surface area contributed by atoms with Gasteiger partial charge in [0, 0.05) is 11.4 Å². The van der Waals surface area contributed by atoms with Gasteiger partial charge in [-0.15, -0.1) is 0 Å². The fourth-order valence-electron chi connectivity index (χ4n) is 2.21. The molecule has 2 heterocycles. The zero-order chi connectivity index (χ0) is 15.1. The molecule has 0 aliphatic heterocycles. The highest BCUT2D eigenvalue weighted by atomic mass is 16.3. The van der Waals surface area contributed by atoms with Crippen molar-refractivity contribution in [1.82, 2.24) is 19.3 Å². The molecular formula is C13H12N5O3+. The summed E-state index contributed by atoms with van der Waals surface area (Å²) in [5.74, 6) is 0.119. The zero-order valence-corrected chi connectivity index (χ0v) is 11.4. The number of aromatic amines is 1. The predicted molar refractivity (Wildman–Crippen MR) is 75.0 cm³/mol. The Labute approximate surface area is 117 Å². The number of aromatic nitrogens is 5. The van der Waals surface area contributed by atoms with E-state index >= 15 is 0 Å². The molecule has 0 radical (unpaired) electrons. The summed E-state index contributed by atoms with van der Waals surface area (Å²) in [6, 6.07) is 8.41. The van der Waals surface area contributed by atoms with Crippen LogP contribution >= 0.6 is 0 Å². The molecule has 0 atom stereocenters. The minimum absolute atomic E-state index is 0.0813. The predicted octanol–water partition coefficient (Wildman–Crippen LogP) is -0.365.